The van der Waals surface area contributed by atoms with Gasteiger partial charge in [0.15, 0.2) is 5.78 Å². The fraction of sp³-hybridized carbons (Fsp3) is 0.280. The lowest BCUT2D eigenvalue weighted by Gasteiger charge is -2.36. The quantitative estimate of drug-likeness (QED) is 0.329. The Kier molecular flexibility index (Phi) is 6.68. The zero-order valence-electron chi connectivity index (χ0n) is 17.9. The molecule has 0 bridgehead atoms. The highest BCUT2D eigenvalue weighted by Gasteiger charge is 2.52. The molecule has 1 aliphatic heterocycles. The zero-order chi connectivity index (χ0) is 23.7. The van der Waals surface area contributed by atoms with Crippen molar-refractivity contribution in [3.05, 3.63) is 81.9 Å². The number of carbonyl (C=O) groups excluding carboxylic acids is 4. The number of benzene rings is 2. The third-order valence-corrected chi connectivity index (χ3v) is 6.86. The molecule has 170 valence electrons. The molecule has 1 fully saturated rings. The maximum atomic E-state index is 13.7. The molecule has 6 nitrogen and oxygen atoms in total. The average molecular weight is 485 g/mol. The minimum absolute atomic E-state index is 0.123. The maximum absolute atomic E-state index is 13.7. The molecule has 0 N–H and O–H groups in total. The van der Waals surface area contributed by atoms with Crippen molar-refractivity contribution in [1.82, 2.24) is 10.0 Å². The fourth-order valence-electron chi connectivity index (χ4n) is 4.39. The first-order valence-corrected chi connectivity index (χ1v) is 11.5. The molecule has 1 aliphatic carbocycles. The van der Waals surface area contributed by atoms with Crippen LogP contribution in [-0.4, -0.2) is 39.6 Å². The lowest BCUT2D eigenvalue weighted by Crippen LogP contribution is -2.57. The van der Waals surface area contributed by atoms with Gasteiger partial charge in [0.1, 0.15) is 6.04 Å². The van der Waals surface area contributed by atoms with Crippen LogP contribution in [0.4, 0.5) is 0 Å². The van der Waals surface area contributed by atoms with E-state index in [1.54, 1.807) is 37.3 Å². The second-order valence-electron chi connectivity index (χ2n) is 8.08. The van der Waals surface area contributed by atoms with Gasteiger partial charge in [0.2, 0.25) is 0 Å². The number of rotatable bonds is 6. The highest BCUT2D eigenvalue weighted by molar-refractivity contribution is 6.42. The van der Waals surface area contributed by atoms with Crippen molar-refractivity contribution < 1.29 is 19.2 Å². The van der Waals surface area contributed by atoms with Gasteiger partial charge < -0.3 is 0 Å². The summed E-state index contributed by atoms with van der Waals surface area (Å²) in [7, 11) is 0. The van der Waals surface area contributed by atoms with Gasteiger partial charge in [0.05, 0.1) is 21.9 Å². The smallest absolute Gasteiger partial charge is 0.273 e. The predicted molar refractivity (Wildman–Crippen MR) is 125 cm³/mol. The minimum Gasteiger partial charge on any atom is -0.292 e. The van der Waals surface area contributed by atoms with Crippen LogP contribution in [0.1, 0.15) is 46.9 Å². The molecule has 33 heavy (non-hydrogen) atoms. The number of carbonyl (C=O) groups is 4. The molecule has 4 rings (SSSR count). The molecule has 1 heterocycles. The van der Waals surface area contributed by atoms with Crippen molar-refractivity contribution in [1.29, 1.82) is 0 Å². The Morgan fingerprint density at radius 3 is 2.09 bits per heavy atom. The summed E-state index contributed by atoms with van der Waals surface area (Å²) >= 11 is 12.1. The Balaban J connectivity index is 1.80. The third kappa shape index (κ3) is 4.21. The molecular formula is C25H22Cl2N2O4. The van der Waals surface area contributed by atoms with Gasteiger partial charge in [-0.1, -0.05) is 72.6 Å². The minimum atomic E-state index is -1.06. The van der Waals surface area contributed by atoms with E-state index < -0.39 is 35.6 Å². The van der Waals surface area contributed by atoms with Crippen LogP contribution in [0.2, 0.25) is 10.0 Å². The first kappa shape index (κ1) is 23.2. The summed E-state index contributed by atoms with van der Waals surface area (Å²) in [6.45, 7) is 1.74. The fourth-order valence-corrected chi connectivity index (χ4v) is 4.69. The summed E-state index contributed by atoms with van der Waals surface area (Å²) in [5, 5.41) is 2.33. The number of ketones is 1. The van der Waals surface area contributed by atoms with E-state index in [0.29, 0.717) is 18.4 Å². The molecular weight excluding hydrogens is 463 g/mol. The molecule has 3 atom stereocenters. The number of amides is 3. The van der Waals surface area contributed by atoms with Crippen molar-refractivity contribution >= 4 is 46.7 Å². The molecule has 0 unspecified atom stereocenters. The number of Topliss-reactive ketones (excluding diaryl/α,β-unsaturated/α-hetero) is 1. The molecule has 0 saturated carbocycles. The monoisotopic (exact) mass is 484 g/mol. The number of nitrogens with zero attached hydrogens (tertiary/aromatic N) is 2. The molecule has 2 aromatic rings. The molecule has 2 aromatic carbocycles. The van der Waals surface area contributed by atoms with Gasteiger partial charge in [0, 0.05) is 11.1 Å². The molecule has 0 radical (unpaired) electrons. The van der Waals surface area contributed by atoms with Gasteiger partial charge in [-0.25, -0.2) is 5.01 Å². The van der Waals surface area contributed by atoms with Crippen molar-refractivity contribution in [2.45, 2.75) is 32.2 Å². The van der Waals surface area contributed by atoms with E-state index in [1.807, 2.05) is 12.2 Å². The number of allylic oxidation sites excluding steroid dienone is 2. The van der Waals surface area contributed by atoms with E-state index in [9.17, 15) is 19.2 Å². The van der Waals surface area contributed by atoms with Gasteiger partial charge in [-0.05, 0) is 37.5 Å². The van der Waals surface area contributed by atoms with Crippen LogP contribution in [0.25, 0.3) is 0 Å². The van der Waals surface area contributed by atoms with E-state index >= 15 is 0 Å². The van der Waals surface area contributed by atoms with Crippen LogP contribution in [-0.2, 0) is 9.59 Å². The van der Waals surface area contributed by atoms with Crippen molar-refractivity contribution in [2.24, 2.45) is 11.8 Å². The first-order chi connectivity index (χ1) is 15.8. The summed E-state index contributed by atoms with van der Waals surface area (Å²) in [6, 6.07) is 11.7. The van der Waals surface area contributed by atoms with E-state index in [4.69, 9.17) is 23.2 Å². The van der Waals surface area contributed by atoms with Gasteiger partial charge in [-0.15, -0.1) is 0 Å². The second-order valence-corrected chi connectivity index (χ2v) is 8.89. The highest BCUT2D eigenvalue weighted by Crippen LogP contribution is 2.37. The summed E-state index contributed by atoms with van der Waals surface area (Å²) in [5.41, 5.74) is 0.506. The standard InChI is InChI=1S/C25H22Cl2N2O4/c1-2-21(22(30)15-8-4-3-5-9-15)28(23(31)16-12-13-19(26)20(27)14-16)29-24(32)17-10-6-7-11-18(17)25(29)33/h3-9,12-14,17-18,21H,2,10-11H2,1H3/t17-,18+,21-/m1/s1. The van der Waals surface area contributed by atoms with E-state index in [1.165, 1.54) is 18.2 Å². The molecule has 0 spiro atoms. The van der Waals surface area contributed by atoms with Crippen molar-refractivity contribution in [2.75, 3.05) is 0 Å². The Bertz CT molecular complexity index is 1120. The van der Waals surface area contributed by atoms with Gasteiger partial charge in [0.25, 0.3) is 17.7 Å². The summed E-state index contributed by atoms with van der Waals surface area (Å²) in [4.78, 5) is 53.9. The lowest BCUT2D eigenvalue weighted by molar-refractivity contribution is -0.156. The Labute approximate surface area is 201 Å². The van der Waals surface area contributed by atoms with Crippen LogP contribution in [0.15, 0.2) is 60.7 Å². The molecule has 0 aromatic heterocycles. The summed E-state index contributed by atoms with van der Waals surface area (Å²) < 4.78 is 0. The van der Waals surface area contributed by atoms with Gasteiger partial charge in [-0.3, -0.25) is 19.2 Å². The van der Waals surface area contributed by atoms with Crippen molar-refractivity contribution in [3.8, 4) is 0 Å². The first-order valence-electron chi connectivity index (χ1n) is 10.8. The predicted octanol–water partition coefficient (Wildman–Crippen LogP) is 4.96. The average Bonchev–Trinajstić information content (AvgIpc) is 3.09. The largest absolute Gasteiger partial charge is 0.292 e. The molecule has 8 heteroatoms. The van der Waals surface area contributed by atoms with Gasteiger partial charge in [-0.2, -0.15) is 5.01 Å². The van der Waals surface area contributed by atoms with Crippen LogP contribution in [0.5, 0.6) is 0 Å². The van der Waals surface area contributed by atoms with Crippen LogP contribution >= 0.6 is 23.2 Å². The van der Waals surface area contributed by atoms with E-state index in [0.717, 1.165) is 10.0 Å². The highest BCUT2D eigenvalue weighted by atomic mass is 35.5. The Morgan fingerprint density at radius 1 is 0.939 bits per heavy atom. The van der Waals surface area contributed by atoms with E-state index in [2.05, 4.69) is 0 Å². The Morgan fingerprint density at radius 2 is 1.55 bits per heavy atom. The van der Waals surface area contributed by atoms with Crippen LogP contribution < -0.4 is 0 Å². The van der Waals surface area contributed by atoms with Crippen molar-refractivity contribution in [3.63, 3.8) is 0 Å². The normalized spacial score (nSPS) is 20.5. The molecule has 2 aliphatic rings. The summed E-state index contributed by atoms with van der Waals surface area (Å²) in [5.74, 6) is -3.06. The molecule has 1 saturated heterocycles. The number of hydrogen-bond acceptors (Lipinski definition) is 4. The number of fused-ring (bicyclic) bond motifs is 1. The maximum Gasteiger partial charge on any atom is 0.273 e. The Hall–Kier alpha value is -2.96. The number of imide groups is 1. The van der Waals surface area contributed by atoms with E-state index in [-0.39, 0.29) is 27.8 Å². The topological polar surface area (TPSA) is 74.8 Å². The number of hydrazine groups is 1. The van der Waals surface area contributed by atoms with Crippen LogP contribution in [0, 0.1) is 11.8 Å². The number of halogens is 2. The van der Waals surface area contributed by atoms with Crippen LogP contribution in [0.3, 0.4) is 0 Å². The third-order valence-electron chi connectivity index (χ3n) is 6.12. The lowest BCUT2D eigenvalue weighted by atomic mass is 9.85. The summed E-state index contributed by atoms with van der Waals surface area (Å²) in [6.07, 6.45) is 4.78. The molecule has 3 amide bonds. The zero-order valence-corrected chi connectivity index (χ0v) is 19.4. The SMILES string of the molecule is CC[C@H](C(=O)c1ccccc1)N(C(=O)c1ccc(Cl)c(Cl)c1)N1C(=O)[C@H]2CC=CC[C@H]2C1=O. The second kappa shape index (κ2) is 9.49. The number of hydrogen-bond donors (Lipinski definition) is 0. The van der Waals surface area contributed by atoms with Gasteiger partial charge >= 0.3 is 0 Å².